The zero-order valence-corrected chi connectivity index (χ0v) is 22.5. The minimum Gasteiger partial charge on any atom is -0.456 e. The van der Waals surface area contributed by atoms with Crippen molar-refractivity contribution in [3.8, 4) is 0 Å². The van der Waals surface area contributed by atoms with Crippen LogP contribution in [0.4, 0.5) is 0 Å². The molecule has 2 N–H and O–H groups in total. The summed E-state index contributed by atoms with van der Waals surface area (Å²) in [5.41, 5.74) is 1.01. The van der Waals surface area contributed by atoms with Crippen molar-refractivity contribution in [2.45, 2.75) is 121 Å². The monoisotopic (exact) mass is 514 g/mol. The molecule has 10 atom stereocenters. The van der Waals surface area contributed by atoms with Gasteiger partial charge in [-0.3, -0.25) is 0 Å². The smallest absolute Gasteiger partial charge is 0.330 e. The van der Waals surface area contributed by atoms with Gasteiger partial charge < -0.3 is 24.4 Å². The second-order valence-electron chi connectivity index (χ2n) is 11.9. The predicted molar refractivity (Wildman–Crippen MR) is 144 cm³/mol. The van der Waals surface area contributed by atoms with Crippen molar-refractivity contribution in [1.29, 1.82) is 0 Å². The Hall–Kier alpha value is -1.73. The fraction of sp³-hybridized carbons (Fsp3) is 0.710. The van der Waals surface area contributed by atoms with Crippen molar-refractivity contribution in [2.24, 2.45) is 17.8 Å². The van der Waals surface area contributed by atoms with Gasteiger partial charge in [-0.1, -0.05) is 69.2 Å². The highest BCUT2D eigenvalue weighted by molar-refractivity contribution is 5.82. The number of ether oxygens (including phenoxy) is 3. The average molecular weight is 515 g/mol. The molecule has 37 heavy (non-hydrogen) atoms. The van der Waals surface area contributed by atoms with Gasteiger partial charge in [0.1, 0.15) is 18.3 Å². The molecule has 3 heterocycles. The van der Waals surface area contributed by atoms with Gasteiger partial charge >= 0.3 is 5.97 Å². The molecule has 2 bridgehead atoms. The summed E-state index contributed by atoms with van der Waals surface area (Å²) >= 11 is 0. The first-order valence-corrected chi connectivity index (χ1v) is 14.3. The minimum atomic E-state index is -0.927. The largest absolute Gasteiger partial charge is 0.456 e. The molecule has 6 heteroatoms. The van der Waals surface area contributed by atoms with Crippen molar-refractivity contribution < 1.29 is 29.2 Å². The first kappa shape index (κ1) is 28.3. The summed E-state index contributed by atoms with van der Waals surface area (Å²) in [6.07, 6.45) is 17.2. The van der Waals surface area contributed by atoms with Gasteiger partial charge in [-0.25, -0.2) is 4.79 Å². The molecule has 1 saturated carbocycles. The van der Waals surface area contributed by atoms with E-state index >= 15 is 0 Å². The number of esters is 1. The molecule has 206 valence electrons. The summed E-state index contributed by atoms with van der Waals surface area (Å²) in [6, 6.07) is 0. The SMILES string of the molecule is C=C1C[C@H](C)C[C@@H]2CC=C[C@@H](C/C=C\C(=O)O[C@H]([C@@H](O)/C=C/C3CCCC(C)C3)C[C@@H]3O[C@H]3[C@@H](O)C1)O2. The number of fused-ring (bicyclic) bond motifs is 3. The number of hydrogen-bond donors (Lipinski definition) is 2. The Kier molecular flexibility index (Phi) is 10.2. The zero-order valence-electron chi connectivity index (χ0n) is 22.5. The van der Waals surface area contributed by atoms with E-state index in [9.17, 15) is 15.0 Å². The predicted octanol–water partition coefficient (Wildman–Crippen LogP) is 5.20. The molecule has 6 nitrogen and oxygen atoms in total. The van der Waals surface area contributed by atoms with E-state index in [1.165, 1.54) is 18.9 Å². The molecule has 0 amide bonds. The van der Waals surface area contributed by atoms with Crippen LogP contribution >= 0.6 is 0 Å². The van der Waals surface area contributed by atoms with Crippen molar-refractivity contribution in [3.05, 3.63) is 48.6 Å². The van der Waals surface area contributed by atoms with E-state index in [0.29, 0.717) is 37.0 Å². The number of aliphatic hydroxyl groups excluding tert-OH is 2. The Morgan fingerprint density at radius 1 is 1.05 bits per heavy atom. The van der Waals surface area contributed by atoms with E-state index in [0.717, 1.165) is 37.7 Å². The molecular weight excluding hydrogens is 468 g/mol. The molecule has 0 radical (unpaired) electrons. The van der Waals surface area contributed by atoms with Crippen LogP contribution in [0.15, 0.2) is 48.6 Å². The summed E-state index contributed by atoms with van der Waals surface area (Å²) in [5.74, 6) is 1.05. The van der Waals surface area contributed by atoms with Crippen LogP contribution in [-0.4, -0.2) is 58.9 Å². The van der Waals surface area contributed by atoms with Crippen LogP contribution in [0.1, 0.15) is 78.1 Å². The fourth-order valence-electron chi connectivity index (χ4n) is 6.24. The second-order valence-corrected chi connectivity index (χ2v) is 11.9. The molecule has 0 aromatic carbocycles. The number of rotatable bonds is 3. The number of aliphatic hydroxyl groups is 2. The van der Waals surface area contributed by atoms with E-state index < -0.39 is 24.3 Å². The van der Waals surface area contributed by atoms with Crippen molar-refractivity contribution in [1.82, 2.24) is 0 Å². The molecule has 4 rings (SSSR count). The van der Waals surface area contributed by atoms with Gasteiger partial charge in [0.05, 0.1) is 24.4 Å². The summed E-state index contributed by atoms with van der Waals surface area (Å²) in [5, 5.41) is 21.8. The van der Waals surface area contributed by atoms with Gasteiger partial charge in [0.15, 0.2) is 0 Å². The molecule has 4 aliphatic rings. The number of carbonyl (C=O) groups is 1. The molecule has 0 spiro atoms. The van der Waals surface area contributed by atoms with E-state index in [-0.39, 0.29) is 24.4 Å². The zero-order chi connectivity index (χ0) is 26.4. The van der Waals surface area contributed by atoms with E-state index in [4.69, 9.17) is 14.2 Å². The molecule has 3 aliphatic heterocycles. The molecule has 0 aromatic rings. The van der Waals surface area contributed by atoms with E-state index in [2.05, 4.69) is 38.7 Å². The van der Waals surface area contributed by atoms with Crippen LogP contribution in [0, 0.1) is 17.8 Å². The number of hydrogen-bond acceptors (Lipinski definition) is 6. The average Bonchev–Trinajstić information content (AvgIpc) is 3.61. The van der Waals surface area contributed by atoms with Gasteiger partial charge in [-0.2, -0.15) is 0 Å². The van der Waals surface area contributed by atoms with Crippen LogP contribution in [0.5, 0.6) is 0 Å². The molecule has 2 unspecified atom stereocenters. The number of carbonyl (C=O) groups excluding carboxylic acids is 1. The van der Waals surface area contributed by atoms with Gasteiger partial charge in [0.25, 0.3) is 0 Å². The third kappa shape index (κ3) is 8.91. The molecule has 0 aromatic heterocycles. The van der Waals surface area contributed by atoms with E-state index in [1.54, 1.807) is 12.2 Å². The lowest BCUT2D eigenvalue weighted by molar-refractivity contribution is -0.148. The Balaban J connectivity index is 1.44. The standard InChI is InChI=1S/C31H46O6/c1-20-7-4-8-23(16-20)13-14-26(32)28-19-29-31(37-29)27(33)18-22(3)15-21(2)17-25-11-5-9-24(35-25)10-6-12-30(34)36-28/h5-6,9,12-14,20-21,23-29,31-33H,3-4,7-8,10-11,15-19H2,1-2H3/b12-6-,14-13+/t20?,21-,23?,24-,25-,26-,27-,28-,29-,31-/m0/s1. The first-order valence-electron chi connectivity index (χ1n) is 14.3. The highest BCUT2D eigenvalue weighted by Gasteiger charge is 2.46. The topological polar surface area (TPSA) is 88.5 Å². The van der Waals surface area contributed by atoms with Crippen LogP contribution < -0.4 is 0 Å². The maximum atomic E-state index is 12.7. The van der Waals surface area contributed by atoms with Crippen LogP contribution in [0.25, 0.3) is 0 Å². The number of allylic oxidation sites excluding steroid dienone is 1. The van der Waals surface area contributed by atoms with Crippen molar-refractivity contribution >= 4 is 5.97 Å². The summed E-state index contributed by atoms with van der Waals surface area (Å²) < 4.78 is 17.7. The van der Waals surface area contributed by atoms with E-state index in [1.807, 2.05) is 0 Å². The highest BCUT2D eigenvalue weighted by Crippen LogP contribution is 2.35. The number of epoxide rings is 1. The lowest BCUT2D eigenvalue weighted by Crippen LogP contribution is -2.32. The quantitative estimate of drug-likeness (QED) is 0.306. The van der Waals surface area contributed by atoms with Crippen molar-refractivity contribution in [3.63, 3.8) is 0 Å². The Morgan fingerprint density at radius 2 is 1.89 bits per heavy atom. The third-order valence-electron chi connectivity index (χ3n) is 8.21. The normalized spacial score (nSPS) is 41.8. The molecule has 1 saturated heterocycles. The first-order chi connectivity index (χ1) is 17.8. The molecular formula is C31H46O6. The maximum Gasteiger partial charge on any atom is 0.330 e. The van der Waals surface area contributed by atoms with Gasteiger partial charge in [-0.15, -0.1) is 0 Å². The van der Waals surface area contributed by atoms with Crippen LogP contribution in [0.2, 0.25) is 0 Å². The lowest BCUT2D eigenvalue weighted by Gasteiger charge is -2.28. The van der Waals surface area contributed by atoms with Gasteiger partial charge in [0.2, 0.25) is 0 Å². The summed E-state index contributed by atoms with van der Waals surface area (Å²) in [4.78, 5) is 12.7. The number of cyclic esters (lactones) is 1. The summed E-state index contributed by atoms with van der Waals surface area (Å²) in [7, 11) is 0. The maximum absolute atomic E-state index is 12.7. The Labute approximate surface area is 222 Å². The Morgan fingerprint density at radius 3 is 2.70 bits per heavy atom. The molecule has 2 fully saturated rings. The lowest BCUT2D eigenvalue weighted by atomic mass is 9.82. The Bertz CT molecular complexity index is 862. The second kappa shape index (κ2) is 13.4. The fourth-order valence-corrected chi connectivity index (χ4v) is 6.24. The summed E-state index contributed by atoms with van der Waals surface area (Å²) in [6.45, 7) is 8.68. The van der Waals surface area contributed by atoms with Crippen LogP contribution in [-0.2, 0) is 19.0 Å². The third-order valence-corrected chi connectivity index (χ3v) is 8.21. The van der Waals surface area contributed by atoms with Gasteiger partial charge in [0, 0.05) is 12.5 Å². The van der Waals surface area contributed by atoms with Gasteiger partial charge in [-0.05, 0) is 62.7 Å². The van der Waals surface area contributed by atoms with Crippen molar-refractivity contribution in [2.75, 3.05) is 0 Å². The highest BCUT2D eigenvalue weighted by atomic mass is 16.6. The molecule has 1 aliphatic carbocycles. The minimum absolute atomic E-state index is 0.0678. The van der Waals surface area contributed by atoms with Crippen LogP contribution in [0.3, 0.4) is 0 Å².